The van der Waals surface area contributed by atoms with Crippen LogP contribution in [0.15, 0.2) is 23.4 Å². The van der Waals surface area contributed by atoms with Gasteiger partial charge in [-0.3, -0.25) is 4.21 Å². The molecule has 168 valence electrons. The SMILES string of the molecule is O=[S@]1CCc2nc(N3CC=C(c4ncc(Cl)cn4)CC3)nc(N3CC[C@@H](O)C34CCC4)c21. The van der Waals surface area contributed by atoms with Gasteiger partial charge in [0.2, 0.25) is 5.95 Å². The van der Waals surface area contributed by atoms with E-state index in [1.807, 2.05) is 0 Å². The predicted molar refractivity (Wildman–Crippen MR) is 123 cm³/mol. The van der Waals surface area contributed by atoms with E-state index in [4.69, 9.17) is 21.6 Å². The molecule has 2 aromatic heterocycles. The number of fused-ring (bicyclic) bond motifs is 1. The molecule has 1 spiro atoms. The maximum absolute atomic E-state index is 12.8. The highest BCUT2D eigenvalue weighted by Gasteiger charge is 2.53. The van der Waals surface area contributed by atoms with Crippen LogP contribution in [0.25, 0.3) is 5.57 Å². The number of aryl methyl sites for hydroxylation is 1. The number of halogens is 1. The van der Waals surface area contributed by atoms with Gasteiger partial charge in [0.05, 0.1) is 33.2 Å². The minimum atomic E-state index is -1.08. The third-order valence-corrected chi connectivity index (χ3v) is 8.96. The fraction of sp³-hybridized carbons (Fsp3) is 0.545. The number of aromatic nitrogens is 4. The van der Waals surface area contributed by atoms with Crippen molar-refractivity contribution in [2.24, 2.45) is 0 Å². The number of nitrogens with zero attached hydrogens (tertiary/aromatic N) is 6. The first kappa shape index (κ1) is 20.5. The second kappa shape index (κ2) is 7.74. The van der Waals surface area contributed by atoms with Crippen LogP contribution in [0, 0.1) is 0 Å². The smallest absolute Gasteiger partial charge is 0.227 e. The highest BCUT2D eigenvalue weighted by Crippen LogP contribution is 2.49. The van der Waals surface area contributed by atoms with Crippen LogP contribution in [0.3, 0.4) is 0 Å². The summed E-state index contributed by atoms with van der Waals surface area (Å²) in [7, 11) is -1.08. The summed E-state index contributed by atoms with van der Waals surface area (Å²) in [6, 6.07) is 0. The van der Waals surface area contributed by atoms with Crippen molar-refractivity contribution in [3.63, 3.8) is 0 Å². The number of aliphatic hydroxyl groups excluding tert-OH is 1. The van der Waals surface area contributed by atoms with Gasteiger partial charge in [-0.15, -0.1) is 0 Å². The molecule has 0 unspecified atom stereocenters. The van der Waals surface area contributed by atoms with Gasteiger partial charge in [0.1, 0.15) is 4.90 Å². The Balaban J connectivity index is 1.33. The van der Waals surface area contributed by atoms with Crippen molar-refractivity contribution in [2.45, 2.75) is 55.1 Å². The summed E-state index contributed by atoms with van der Waals surface area (Å²) in [5.74, 6) is 2.77. The third kappa shape index (κ3) is 3.16. The monoisotopic (exact) mass is 472 g/mol. The summed E-state index contributed by atoms with van der Waals surface area (Å²) in [6.07, 6.45) is 10.3. The van der Waals surface area contributed by atoms with Gasteiger partial charge >= 0.3 is 0 Å². The fourth-order valence-corrected chi connectivity index (χ4v) is 6.85. The van der Waals surface area contributed by atoms with E-state index >= 15 is 0 Å². The maximum Gasteiger partial charge on any atom is 0.227 e. The lowest BCUT2D eigenvalue weighted by Crippen LogP contribution is -2.56. The van der Waals surface area contributed by atoms with Crippen molar-refractivity contribution in [1.29, 1.82) is 0 Å². The van der Waals surface area contributed by atoms with Crippen LogP contribution in [-0.2, 0) is 17.2 Å². The second-order valence-electron chi connectivity index (χ2n) is 8.99. The molecule has 2 aromatic rings. The summed E-state index contributed by atoms with van der Waals surface area (Å²) in [5, 5.41) is 11.2. The molecule has 4 aliphatic rings. The van der Waals surface area contributed by atoms with Crippen molar-refractivity contribution in [2.75, 3.05) is 35.2 Å². The molecule has 2 fully saturated rings. The molecule has 1 aliphatic carbocycles. The standard InChI is InChI=1S/C22H25ClN6O2S/c23-15-12-24-19(25-13-15)14-2-8-28(9-3-14)21-26-16-5-11-32(31)18(16)20(27-21)29-10-4-17(30)22(29)6-1-7-22/h2,12-13,17,30H,1,3-11H2/t17-,32+/m1/s1. The van der Waals surface area contributed by atoms with Crippen LogP contribution in [0.2, 0.25) is 5.02 Å². The van der Waals surface area contributed by atoms with Gasteiger partial charge in [0, 0.05) is 44.2 Å². The van der Waals surface area contributed by atoms with Crippen molar-refractivity contribution in [3.05, 3.63) is 35.0 Å². The molecular formula is C22H25ClN6O2S. The largest absolute Gasteiger partial charge is 0.391 e. The predicted octanol–water partition coefficient (Wildman–Crippen LogP) is 2.37. The average molecular weight is 473 g/mol. The molecule has 8 nitrogen and oxygen atoms in total. The van der Waals surface area contributed by atoms with Crippen LogP contribution in [0.4, 0.5) is 11.8 Å². The van der Waals surface area contributed by atoms with Gasteiger partial charge < -0.3 is 14.9 Å². The van der Waals surface area contributed by atoms with Gasteiger partial charge in [0.25, 0.3) is 0 Å². The van der Waals surface area contributed by atoms with E-state index < -0.39 is 10.8 Å². The minimum Gasteiger partial charge on any atom is -0.391 e. The first-order valence-corrected chi connectivity index (χ1v) is 12.9. The van der Waals surface area contributed by atoms with E-state index in [-0.39, 0.29) is 11.6 Å². The maximum atomic E-state index is 12.8. The molecular weight excluding hydrogens is 448 g/mol. The van der Waals surface area contributed by atoms with E-state index in [0.717, 1.165) is 67.2 Å². The molecule has 6 rings (SSSR count). The Kier molecular flexibility index (Phi) is 4.96. The zero-order valence-corrected chi connectivity index (χ0v) is 19.3. The molecule has 32 heavy (non-hydrogen) atoms. The number of rotatable bonds is 3. The van der Waals surface area contributed by atoms with Gasteiger partial charge in [-0.2, -0.15) is 4.98 Å². The van der Waals surface area contributed by atoms with E-state index in [1.54, 1.807) is 12.4 Å². The number of anilines is 2. The van der Waals surface area contributed by atoms with Crippen LogP contribution in [0.5, 0.6) is 0 Å². The Morgan fingerprint density at radius 3 is 2.66 bits per heavy atom. The molecule has 1 N–H and O–H groups in total. The van der Waals surface area contributed by atoms with Crippen LogP contribution >= 0.6 is 11.6 Å². The van der Waals surface area contributed by atoms with Crippen LogP contribution in [-0.4, -0.2) is 66.3 Å². The Morgan fingerprint density at radius 1 is 1.16 bits per heavy atom. The van der Waals surface area contributed by atoms with Crippen molar-refractivity contribution < 1.29 is 9.32 Å². The van der Waals surface area contributed by atoms with Gasteiger partial charge in [-0.05, 0) is 37.7 Å². The lowest BCUT2D eigenvalue weighted by atomic mass is 9.73. The minimum absolute atomic E-state index is 0.243. The summed E-state index contributed by atoms with van der Waals surface area (Å²) in [5.41, 5.74) is 1.75. The van der Waals surface area contributed by atoms with E-state index in [0.29, 0.717) is 35.5 Å². The second-order valence-corrected chi connectivity index (χ2v) is 10.9. The summed E-state index contributed by atoms with van der Waals surface area (Å²) < 4.78 is 12.8. The number of hydrogen-bond acceptors (Lipinski definition) is 8. The van der Waals surface area contributed by atoms with Crippen molar-refractivity contribution >= 4 is 39.7 Å². The molecule has 0 aromatic carbocycles. The molecule has 1 saturated carbocycles. The zero-order valence-electron chi connectivity index (χ0n) is 17.7. The fourth-order valence-electron chi connectivity index (χ4n) is 5.40. The molecule has 1 saturated heterocycles. The number of hydrogen-bond donors (Lipinski definition) is 1. The van der Waals surface area contributed by atoms with E-state index in [1.165, 1.54) is 0 Å². The number of aliphatic hydroxyl groups is 1. The van der Waals surface area contributed by atoms with Gasteiger partial charge in [-0.25, -0.2) is 15.0 Å². The molecule has 0 radical (unpaired) electrons. The molecule has 0 amide bonds. The molecule has 5 heterocycles. The highest BCUT2D eigenvalue weighted by atomic mass is 35.5. The van der Waals surface area contributed by atoms with E-state index in [9.17, 15) is 9.32 Å². The molecule has 2 atom stereocenters. The average Bonchev–Trinajstić information content (AvgIpc) is 3.34. The Hall–Kier alpha value is -2.10. The normalized spacial score (nSPS) is 26.2. The topological polar surface area (TPSA) is 95.3 Å². The van der Waals surface area contributed by atoms with Gasteiger partial charge in [0.15, 0.2) is 11.6 Å². The molecule has 10 heteroatoms. The lowest BCUT2D eigenvalue weighted by Gasteiger charge is -2.48. The van der Waals surface area contributed by atoms with Gasteiger partial charge in [-0.1, -0.05) is 17.7 Å². The Morgan fingerprint density at radius 2 is 1.97 bits per heavy atom. The van der Waals surface area contributed by atoms with E-state index in [2.05, 4.69) is 25.8 Å². The quantitative estimate of drug-likeness (QED) is 0.727. The summed E-state index contributed by atoms with van der Waals surface area (Å²) >= 11 is 5.91. The van der Waals surface area contributed by atoms with Crippen molar-refractivity contribution in [3.8, 4) is 0 Å². The van der Waals surface area contributed by atoms with Crippen LogP contribution < -0.4 is 9.80 Å². The van der Waals surface area contributed by atoms with Crippen molar-refractivity contribution in [1.82, 2.24) is 19.9 Å². The highest BCUT2D eigenvalue weighted by molar-refractivity contribution is 7.85. The lowest BCUT2D eigenvalue weighted by molar-refractivity contribution is 0.0579. The summed E-state index contributed by atoms with van der Waals surface area (Å²) in [4.78, 5) is 23.7. The summed E-state index contributed by atoms with van der Waals surface area (Å²) in [6.45, 7) is 2.17. The zero-order chi connectivity index (χ0) is 21.9. The van der Waals surface area contributed by atoms with Crippen LogP contribution in [0.1, 0.15) is 43.6 Å². The Labute approximate surface area is 194 Å². The first-order chi connectivity index (χ1) is 15.5. The first-order valence-electron chi connectivity index (χ1n) is 11.2. The molecule has 0 bridgehead atoms. The molecule has 3 aliphatic heterocycles. The Bertz CT molecular complexity index is 1120. The third-order valence-electron chi connectivity index (χ3n) is 7.32.